The Hall–Kier alpha value is -1.63. The number of benzene rings is 1. The van der Waals surface area contributed by atoms with Crippen molar-refractivity contribution < 1.29 is 0 Å². The first-order valence-electron chi connectivity index (χ1n) is 7.73. The second kappa shape index (κ2) is 7.84. The van der Waals surface area contributed by atoms with E-state index >= 15 is 0 Å². The summed E-state index contributed by atoms with van der Waals surface area (Å²) in [4.78, 5) is 4.09. The smallest absolute Gasteiger partial charge is 0.0270 e. The number of nitrogens with zero attached hydrogens (tertiary/aromatic N) is 1. The molecule has 106 valence electrons. The summed E-state index contributed by atoms with van der Waals surface area (Å²) in [6.07, 6.45) is 8.68. The summed E-state index contributed by atoms with van der Waals surface area (Å²) in [7, 11) is 0. The van der Waals surface area contributed by atoms with Crippen LogP contribution in [0.1, 0.15) is 50.2 Å². The Morgan fingerprint density at radius 3 is 2.35 bits per heavy atom. The Labute approximate surface area is 123 Å². The molecule has 0 saturated carbocycles. The molecule has 1 nitrogen and oxygen atoms in total. The zero-order chi connectivity index (χ0) is 14.2. The van der Waals surface area contributed by atoms with Crippen molar-refractivity contribution in [3.05, 3.63) is 66.0 Å². The van der Waals surface area contributed by atoms with Crippen LogP contribution in [0.4, 0.5) is 0 Å². The van der Waals surface area contributed by atoms with Crippen LogP contribution in [0.25, 0.3) is 0 Å². The minimum atomic E-state index is 0.666. The molecule has 2 atom stereocenters. The number of aromatic nitrogens is 1. The number of rotatable bonds is 7. The van der Waals surface area contributed by atoms with Crippen LogP contribution in [0.3, 0.4) is 0 Å². The first-order chi connectivity index (χ1) is 9.79. The largest absolute Gasteiger partial charge is 0.265 e. The molecular formula is C19H25N. The van der Waals surface area contributed by atoms with Crippen molar-refractivity contribution in [3.8, 4) is 0 Å². The maximum atomic E-state index is 4.09. The minimum Gasteiger partial charge on any atom is -0.265 e. The highest BCUT2D eigenvalue weighted by atomic mass is 14.6. The van der Waals surface area contributed by atoms with Gasteiger partial charge in [0, 0.05) is 12.4 Å². The van der Waals surface area contributed by atoms with E-state index in [2.05, 4.69) is 61.3 Å². The molecule has 0 fully saturated rings. The van der Waals surface area contributed by atoms with Crippen molar-refractivity contribution in [1.29, 1.82) is 0 Å². The van der Waals surface area contributed by atoms with Gasteiger partial charge in [-0.15, -0.1) is 0 Å². The Morgan fingerprint density at radius 2 is 1.70 bits per heavy atom. The van der Waals surface area contributed by atoms with Crippen LogP contribution < -0.4 is 0 Å². The van der Waals surface area contributed by atoms with Crippen molar-refractivity contribution in [2.45, 2.75) is 45.4 Å². The van der Waals surface area contributed by atoms with Crippen molar-refractivity contribution in [2.75, 3.05) is 0 Å². The molecule has 0 saturated heterocycles. The maximum absolute atomic E-state index is 4.09. The van der Waals surface area contributed by atoms with Crippen molar-refractivity contribution in [3.63, 3.8) is 0 Å². The third-order valence-electron chi connectivity index (χ3n) is 4.19. The average molecular weight is 267 g/mol. The van der Waals surface area contributed by atoms with Gasteiger partial charge in [-0.25, -0.2) is 0 Å². The third-order valence-corrected chi connectivity index (χ3v) is 4.19. The normalized spacial score (nSPS) is 13.9. The van der Waals surface area contributed by atoms with E-state index in [9.17, 15) is 0 Å². The molecule has 0 aliphatic rings. The molecule has 2 rings (SSSR count). The van der Waals surface area contributed by atoms with E-state index in [1.807, 2.05) is 12.4 Å². The summed E-state index contributed by atoms with van der Waals surface area (Å²) < 4.78 is 0. The van der Waals surface area contributed by atoms with Gasteiger partial charge >= 0.3 is 0 Å². The van der Waals surface area contributed by atoms with Gasteiger partial charge < -0.3 is 0 Å². The number of aryl methyl sites for hydroxylation is 1. The quantitative estimate of drug-likeness (QED) is 0.669. The Bertz CT molecular complexity index is 478. The summed E-state index contributed by atoms with van der Waals surface area (Å²) >= 11 is 0. The standard InChI is InChI=1S/C19H25N/c1-3-16(2)15-19(18-7-5-4-6-8-18)10-9-17-11-13-20-14-12-17/h4-8,11-14,16,19H,3,9-10,15H2,1-2H3. The fourth-order valence-corrected chi connectivity index (χ4v) is 2.69. The molecule has 0 aliphatic heterocycles. The lowest BCUT2D eigenvalue weighted by Crippen LogP contribution is -2.06. The van der Waals surface area contributed by atoms with Crippen LogP contribution in [0, 0.1) is 5.92 Å². The van der Waals surface area contributed by atoms with Crippen LogP contribution in [0.5, 0.6) is 0 Å². The van der Waals surface area contributed by atoms with E-state index in [4.69, 9.17) is 0 Å². The van der Waals surface area contributed by atoms with E-state index in [-0.39, 0.29) is 0 Å². The molecule has 1 heterocycles. The average Bonchev–Trinajstić information content (AvgIpc) is 2.53. The molecule has 2 aromatic rings. The van der Waals surface area contributed by atoms with Gasteiger partial charge in [0.2, 0.25) is 0 Å². The minimum absolute atomic E-state index is 0.666. The molecule has 0 bridgehead atoms. The molecule has 1 aromatic heterocycles. The van der Waals surface area contributed by atoms with Crippen LogP contribution in [-0.4, -0.2) is 4.98 Å². The van der Waals surface area contributed by atoms with Gasteiger partial charge in [0.05, 0.1) is 0 Å². The second-order valence-electron chi connectivity index (χ2n) is 5.75. The fraction of sp³-hybridized carbons (Fsp3) is 0.421. The Morgan fingerprint density at radius 1 is 1.00 bits per heavy atom. The predicted octanol–water partition coefficient (Wildman–Crippen LogP) is 5.23. The van der Waals surface area contributed by atoms with E-state index < -0.39 is 0 Å². The highest BCUT2D eigenvalue weighted by Crippen LogP contribution is 2.29. The molecule has 1 aromatic carbocycles. The molecule has 1 heteroatoms. The van der Waals surface area contributed by atoms with E-state index in [0.29, 0.717) is 5.92 Å². The highest BCUT2D eigenvalue weighted by Gasteiger charge is 2.14. The predicted molar refractivity (Wildman–Crippen MR) is 85.8 cm³/mol. The third kappa shape index (κ3) is 4.48. The summed E-state index contributed by atoms with van der Waals surface area (Å²) in [5.41, 5.74) is 2.88. The molecule has 20 heavy (non-hydrogen) atoms. The summed E-state index contributed by atoms with van der Waals surface area (Å²) in [6.45, 7) is 4.65. The maximum Gasteiger partial charge on any atom is 0.0270 e. The lowest BCUT2D eigenvalue weighted by atomic mass is 9.84. The van der Waals surface area contributed by atoms with Crippen LogP contribution >= 0.6 is 0 Å². The lowest BCUT2D eigenvalue weighted by Gasteiger charge is -2.21. The summed E-state index contributed by atoms with van der Waals surface area (Å²) in [5.74, 6) is 1.46. The fourth-order valence-electron chi connectivity index (χ4n) is 2.69. The Balaban J connectivity index is 2.03. The van der Waals surface area contributed by atoms with E-state index in [1.54, 1.807) is 0 Å². The van der Waals surface area contributed by atoms with Gasteiger partial charge in [-0.05, 0) is 54.4 Å². The highest BCUT2D eigenvalue weighted by molar-refractivity contribution is 5.20. The lowest BCUT2D eigenvalue weighted by molar-refractivity contribution is 0.437. The molecular weight excluding hydrogens is 242 g/mol. The van der Waals surface area contributed by atoms with Crippen molar-refractivity contribution in [2.24, 2.45) is 5.92 Å². The van der Waals surface area contributed by atoms with Gasteiger partial charge in [0.15, 0.2) is 0 Å². The molecule has 0 spiro atoms. The summed E-state index contributed by atoms with van der Waals surface area (Å²) in [5, 5.41) is 0. The number of hydrogen-bond donors (Lipinski definition) is 0. The molecule has 0 N–H and O–H groups in total. The van der Waals surface area contributed by atoms with Gasteiger partial charge in [0.25, 0.3) is 0 Å². The van der Waals surface area contributed by atoms with Crippen LogP contribution in [0.15, 0.2) is 54.9 Å². The summed E-state index contributed by atoms with van der Waals surface area (Å²) in [6, 6.07) is 15.2. The topological polar surface area (TPSA) is 12.9 Å². The van der Waals surface area contributed by atoms with E-state index in [0.717, 1.165) is 12.3 Å². The SMILES string of the molecule is CCC(C)CC(CCc1ccncc1)c1ccccc1. The van der Waals surface area contributed by atoms with Crippen LogP contribution in [-0.2, 0) is 6.42 Å². The van der Waals surface area contributed by atoms with Gasteiger partial charge in [0.1, 0.15) is 0 Å². The monoisotopic (exact) mass is 267 g/mol. The first kappa shape index (κ1) is 14.8. The van der Waals surface area contributed by atoms with Gasteiger partial charge in [-0.2, -0.15) is 0 Å². The molecule has 0 amide bonds. The number of hydrogen-bond acceptors (Lipinski definition) is 1. The second-order valence-corrected chi connectivity index (χ2v) is 5.75. The van der Waals surface area contributed by atoms with Crippen molar-refractivity contribution >= 4 is 0 Å². The Kier molecular flexibility index (Phi) is 5.79. The van der Waals surface area contributed by atoms with Gasteiger partial charge in [-0.1, -0.05) is 50.6 Å². The molecule has 0 aliphatic carbocycles. The zero-order valence-electron chi connectivity index (χ0n) is 12.6. The first-order valence-corrected chi connectivity index (χ1v) is 7.73. The zero-order valence-corrected chi connectivity index (χ0v) is 12.6. The van der Waals surface area contributed by atoms with E-state index in [1.165, 1.54) is 30.4 Å². The number of pyridine rings is 1. The molecule has 0 radical (unpaired) electrons. The van der Waals surface area contributed by atoms with Gasteiger partial charge in [-0.3, -0.25) is 4.98 Å². The van der Waals surface area contributed by atoms with Crippen molar-refractivity contribution in [1.82, 2.24) is 4.98 Å². The van der Waals surface area contributed by atoms with Crippen LogP contribution in [0.2, 0.25) is 0 Å². The molecule has 2 unspecified atom stereocenters.